The summed E-state index contributed by atoms with van der Waals surface area (Å²) in [5, 5.41) is 2.86. The molecule has 0 bridgehead atoms. The molecule has 0 atom stereocenters. The summed E-state index contributed by atoms with van der Waals surface area (Å²) in [5.74, 6) is -0.420. The van der Waals surface area contributed by atoms with E-state index >= 15 is 0 Å². The number of amides is 1. The Balaban J connectivity index is 1.91. The van der Waals surface area contributed by atoms with Crippen molar-refractivity contribution in [1.29, 1.82) is 0 Å². The lowest BCUT2D eigenvalue weighted by Gasteiger charge is -2.14. The highest BCUT2D eigenvalue weighted by Gasteiger charge is 2.21. The van der Waals surface area contributed by atoms with E-state index in [-0.39, 0.29) is 15.5 Å². The van der Waals surface area contributed by atoms with Gasteiger partial charge in [0.25, 0.3) is 15.9 Å². The van der Waals surface area contributed by atoms with Gasteiger partial charge >= 0.3 is 0 Å². The Kier molecular flexibility index (Phi) is 6.75. The average Bonchev–Trinajstić information content (AvgIpc) is 2.70. The maximum absolute atomic E-state index is 13.0. The van der Waals surface area contributed by atoms with E-state index < -0.39 is 15.9 Å². The third-order valence-electron chi connectivity index (χ3n) is 4.46. The van der Waals surface area contributed by atoms with Crippen LogP contribution in [0.2, 0.25) is 5.02 Å². The van der Waals surface area contributed by atoms with Crippen molar-refractivity contribution in [2.24, 2.45) is 0 Å². The van der Waals surface area contributed by atoms with Gasteiger partial charge in [0.2, 0.25) is 0 Å². The number of rotatable bonds is 6. The highest BCUT2D eigenvalue weighted by atomic mass is 35.5. The maximum atomic E-state index is 13.0. The molecule has 0 aliphatic rings. The van der Waals surface area contributed by atoms with Crippen molar-refractivity contribution in [2.45, 2.75) is 23.6 Å². The lowest BCUT2D eigenvalue weighted by molar-refractivity contribution is 0.102. The Morgan fingerprint density at radius 3 is 2.40 bits per heavy atom. The monoisotopic (exact) mass is 460 g/mol. The average molecular weight is 461 g/mol. The van der Waals surface area contributed by atoms with Crippen LogP contribution in [0, 0.1) is 13.8 Å². The Bertz CT molecular complexity index is 1210. The van der Waals surface area contributed by atoms with Gasteiger partial charge in [-0.2, -0.15) is 0 Å². The van der Waals surface area contributed by atoms with E-state index in [1.165, 1.54) is 30.0 Å². The molecule has 0 saturated heterocycles. The number of halogens is 1. The number of para-hydroxylation sites is 1. The molecule has 0 fully saturated rings. The largest absolute Gasteiger partial charge is 0.321 e. The molecule has 2 N–H and O–H groups in total. The molecule has 3 aromatic rings. The van der Waals surface area contributed by atoms with E-state index in [1.807, 2.05) is 50.4 Å². The Morgan fingerprint density at radius 1 is 0.967 bits per heavy atom. The molecule has 0 unspecified atom stereocenters. The van der Waals surface area contributed by atoms with Crippen molar-refractivity contribution < 1.29 is 13.2 Å². The summed E-state index contributed by atoms with van der Waals surface area (Å²) in [5.41, 5.74) is 3.12. The van der Waals surface area contributed by atoms with Crippen LogP contribution in [0.15, 0.2) is 70.5 Å². The molecule has 0 spiro atoms. The van der Waals surface area contributed by atoms with Crippen LogP contribution in [0.3, 0.4) is 0 Å². The quantitative estimate of drug-likeness (QED) is 0.460. The minimum absolute atomic E-state index is 0.0355. The molecule has 0 radical (unpaired) electrons. The zero-order chi connectivity index (χ0) is 21.9. The van der Waals surface area contributed by atoms with E-state index in [0.29, 0.717) is 11.4 Å². The molecule has 0 heterocycles. The molecule has 1 amide bonds. The van der Waals surface area contributed by atoms with Crippen LogP contribution < -0.4 is 10.0 Å². The molecular formula is C22H21ClN2O3S2. The zero-order valence-corrected chi connectivity index (χ0v) is 19.1. The van der Waals surface area contributed by atoms with E-state index in [1.54, 1.807) is 12.1 Å². The van der Waals surface area contributed by atoms with Crippen LogP contribution in [0.5, 0.6) is 0 Å². The van der Waals surface area contributed by atoms with Crippen molar-refractivity contribution in [1.82, 2.24) is 0 Å². The molecule has 8 heteroatoms. The van der Waals surface area contributed by atoms with Crippen molar-refractivity contribution in [3.63, 3.8) is 0 Å². The van der Waals surface area contributed by atoms with Crippen molar-refractivity contribution in [3.8, 4) is 0 Å². The van der Waals surface area contributed by atoms with Crippen molar-refractivity contribution >= 4 is 50.7 Å². The summed E-state index contributed by atoms with van der Waals surface area (Å²) in [6, 6.07) is 17.0. The van der Waals surface area contributed by atoms with Crippen LogP contribution >= 0.6 is 23.4 Å². The number of thioether (sulfide) groups is 1. The first-order valence-corrected chi connectivity index (χ1v) is 12.1. The maximum Gasteiger partial charge on any atom is 0.263 e. The summed E-state index contributed by atoms with van der Waals surface area (Å²) in [6.45, 7) is 3.75. The number of hydrogen-bond acceptors (Lipinski definition) is 4. The topological polar surface area (TPSA) is 75.3 Å². The fourth-order valence-corrected chi connectivity index (χ4v) is 5.13. The number of carbonyl (C=O) groups is 1. The molecule has 0 aliphatic heterocycles. The number of carbonyl (C=O) groups excluding carboxylic acids is 1. The fourth-order valence-electron chi connectivity index (χ4n) is 2.92. The first kappa shape index (κ1) is 22.2. The lowest BCUT2D eigenvalue weighted by Crippen LogP contribution is -2.17. The van der Waals surface area contributed by atoms with Gasteiger partial charge in [0.15, 0.2) is 0 Å². The zero-order valence-electron chi connectivity index (χ0n) is 16.7. The number of sulfonamides is 1. The van der Waals surface area contributed by atoms with Gasteiger partial charge in [-0.05, 0) is 62.1 Å². The van der Waals surface area contributed by atoms with Crippen LogP contribution in [-0.2, 0) is 10.0 Å². The number of anilines is 2. The third kappa shape index (κ3) is 4.98. The molecular weight excluding hydrogens is 440 g/mol. The normalized spacial score (nSPS) is 11.2. The van der Waals surface area contributed by atoms with Crippen LogP contribution in [0.25, 0.3) is 0 Å². The Labute approximate surface area is 185 Å². The lowest BCUT2D eigenvalue weighted by atomic mass is 10.1. The summed E-state index contributed by atoms with van der Waals surface area (Å²) < 4.78 is 28.5. The second kappa shape index (κ2) is 9.12. The van der Waals surface area contributed by atoms with Crippen molar-refractivity contribution in [2.75, 3.05) is 16.3 Å². The molecule has 5 nitrogen and oxygen atoms in total. The summed E-state index contributed by atoms with van der Waals surface area (Å²) >= 11 is 7.67. The van der Waals surface area contributed by atoms with Crippen LogP contribution in [0.1, 0.15) is 21.5 Å². The van der Waals surface area contributed by atoms with E-state index in [9.17, 15) is 13.2 Å². The molecule has 0 saturated carbocycles. The van der Waals surface area contributed by atoms with E-state index in [0.717, 1.165) is 16.0 Å². The Morgan fingerprint density at radius 2 is 1.70 bits per heavy atom. The smallest absolute Gasteiger partial charge is 0.263 e. The molecule has 30 heavy (non-hydrogen) atoms. The van der Waals surface area contributed by atoms with Crippen molar-refractivity contribution in [3.05, 3.63) is 82.4 Å². The van der Waals surface area contributed by atoms with Gasteiger partial charge < -0.3 is 5.32 Å². The number of aryl methyl sites for hydroxylation is 2. The molecule has 3 aromatic carbocycles. The van der Waals surface area contributed by atoms with E-state index in [4.69, 9.17) is 11.6 Å². The highest BCUT2D eigenvalue weighted by molar-refractivity contribution is 7.98. The first-order chi connectivity index (χ1) is 14.2. The van der Waals surface area contributed by atoms with Crippen LogP contribution in [0.4, 0.5) is 11.4 Å². The highest BCUT2D eigenvalue weighted by Crippen LogP contribution is 2.28. The molecule has 3 rings (SSSR count). The second-order valence-electron chi connectivity index (χ2n) is 6.72. The second-order valence-corrected chi connectivity index (χ2v) is 9.63. The molecule has 156 valence electrons. The third-order valence-corrected chi connectivity index (χ3v) is 7.11. The molecule has 0 aromatic heterocycles. The van der Waals surface area contributed by atoms with E-state index in [2.05, 4.69) is 10.0 Å². The number of hydrogen-bond donors (Lipinski definition) is 2. The van der Waals surface area contributed by atoms with Gasteiger partial charge in [-0.25, -0.2) is 8.42 Å². The van der Waals surface area contributed by atoms with Gasteiger partial charge in [0, 0.05) is 10.5 Å². The van der Waals surface area contributed by atoms with Gasteiger partial charge in [-0.1, -0.05) is 41.4 Å². The molecule has 0 aliphatic carbocycles. The predicted octanol–water partition coefficient (Wildman–Crippen LogP) is 5.73. The van der Waals surface area contributed by atoms with Crippen LogP contribution in [-0.4, -0.2) is 20.6 Å². The van der Waals surface area contributed by atoms with Gasteiger partial charge in [-0.15, -0.1) is 11.8 Å². The Hall–Kier alpha value is -2.48. The predicted molar refractivity (Wildman–Crippen MR) is 124 cm³/mol. The first-order valence-electron chi connectivity index (χ1n) is 9.05. The summed E-state index contributed by atoms with van der Waals surface area (Å²) in [4.78, 5) is 13.5. The summed E-state index contributed by atoms with van der Waals surface area (Å²) in [6.07, 6.45) is 1.91. The SMILES string of the molecule is CSc1ccccc1NC(=O)c1ccc(Cl)c(S(=O)(=O)Nc2ccc(C)cc2C)c1. The number of nitrogens with one attached hydrogen (secondary N) is 2. The minimum atomic E-state index is -3.99. The number of benzene rings is 3. The van der Waals surface area contributed by atoms with Gasteiger partial charge in [-0.3, -0.25) is 9.52 Å². The van der Waals surface area contributed by atoms with Gasteiger partial charge in [0.05, 0.1) is 16.4 Å². The fraction of sp³-hybridized carbons (Fsp3) is 0.136. The summed E-state index contributed by atoms with van der Waals surface area (Å²) in [7, 11) is -3.99. The van der Waals surface area contributed by atoms with Gasteiger partial charge in [0.1, 0.15) is 4.90 Å². The minimum Gasteiger partial charge on any atom is -0.321 e. The standard InChI is InChI=1S/C22H21ClN2O3S2/c1-14-8-11-18(15(2)12-14)25-30(27,28)21-13-16(9-10-17(21)23)22(26)24-19-6-4-5-7-20(19)29-3/h4-13,25H,1-3H3,(H,24,26).